The summed E-state index contributed by atoms with van der Waals surface area (Å²) in [6.07, 6.45) is 0. The lowest BCUT2D eigenvalue weighted by atomic mass is 10.3. The van der Waals surface area contributed by atoms with Crippen LogP contribution in [0.3, 0.4) is 0 Å². The molecule has 2 aromatic rings. The van der Waals surface area contributed by atoms with Crippen LogP contribution in [0.25, 0.3) is 0 Å². The average molecular weight is 355 g/mol. The molecule has 0 aliphatic rings. The molecule has 1 aromatic carbocycles. The number of thiazole rings is 1. The highest BCUT2D eigenvalue weighted by atomic mass is 35.5. The summed E-state index contributed by atoms with van der Waals surface area (Å²) in [6.45, 7) is -1.48. The number of ether oxygens (including phenoxy) is 1. The normalized spacial score (nSPS) is 11.7. The number of aryl methyl sites for hydroxylation is 1. The molecular formula is C11H9ClF2N2O3S2. The number of aromatic nitrogens is 1. The molecule has 0 saturated heterocycles. The third kappa shape index (κ3) is 4.02. The zero-order valence-electron chi connectivity index (χ0n) is 10.5. The molecule has 2 rings (SSSR count). The largest absolute Gasteiger partial charge is 0.435 e. The van der Waals surface area contributed by atoms with Crippen molar-refractivity contribution in [1.29, 1.82) is 0 Å². The Bertz CT molecular complexity index is 750. The van der Waals surface area contributed by atoms with Crippen LogP contribution in [0.5, 0.6) is 5.75 Å². The van der Waals surface area contributed by atoms with Crippen LogP contribution in [0, 0.1) is 6.92 Å². The Morgan fingerprint density at radius 1 is 1.43 bits per heavy atom. The Hall–Kier alpha value is -1.45. The maximum Gasteiger partial charge on any atom is 0.387 e. The molecule has 21 heavy (non-hydrogen) atoms. The minimum absolute atomic E-state index is 0.0346. The number of hydrogen-bond acceptors (Lipinski definition) is 5. The van der Waals surface area contributed by atoms with Gasteiger partial charge in [0.1, 0.15) is 5.75 Å². The first-order valence-electron chi connectivity index (χ1n) is 5.48. The van der Waals surface area contributed by atoms with Crippen molar-refractivity contribution >= 4 is 38.6 Å². The SMILES string of the molecule is Cc1nc(Cl)sc1S(=O)(=O)Nc1cccc(OC(F)F)c1. The van der Waals surface area contributed by atoms with Crippen molar-refractivity contribution in [2.24, 2.45) is 0 Å². The van der Waals surface area contributed by atoms with E-state index in [0.29, 0.717) is 0 Å². The van der Waals surface area contributed by atoms with E-state index in [2.05, 4.69) is 14.4 Å². The lowest BCUT2D eigenvalue weighted by Gasteiger charge is -2.09. The van der Waals surface area contributed by atoms with E-state index in [1.54, 1.807) is 0 Å². The van der Waals surface area contributed by atoms with Gasteiger partial charge >= 0.3 is 6.61 Å². The Morgan fingerprint density at radius 3 is 2.71 bits per heavy atom. The van der Waals surface area contributed by atoms with Crippen LogP contribution < -0.4 is 9.46 Å². The zero-order chi connectivity index (χ0) is 15.6. The highest BCUT2D eigenvalue weighted by molar-refractivity contribution is 7.94. The number of benzene rings is 1. The van der Waals surface area contributed by atoms with Gasteiger partial charge in [0, 0.05) is 6.07 Å². The van der Waals surface area contributed by atoms with E-state index < -0.39 is 16.6 Å². The Kier molecular flexibility index (Phi) is 4.64. The average Bonchev–Trinajstić information content (AvgIpc) is 2.68. The van der Waals surface area contributed by atoms with Gasteiger partial charge in [-0.25, -0.2) is 13.4 Å². The minimum Gasteiger partial charge on any atom is -0.435 e. The van der Waals surface area contributed by atoms with Crippen LogP contribution in [0.1, 0.15) is 5.69 Å². The first-order valence-corrected chi connectivity index (χ1v) is 8.16. The van der Waals surface area contributed by atoms with Crippen LogP contribution in [0.2, 0.25) is 4.47 Å². The van der Waals surface area contributed by atoms with Gasteiger partial charge in [-0.2, -0.15) is 8.78 Å². The van der Waals surface area contributed by atoms with Crippen LogP contribution in [0.4, 0.5) is 14.5 Å². The fourth-order valence-electron chi connectivity index (χ4n) is 1.54. The van der Waals surface area contributed by atoms with Crippen molar-refractivity contribution in [3.05, 3.63) is 34.4 Å². The summed E-state index contributed by atoms with van der Waals surface area (Å²) in [5.74, 6) is -0.149. The summed E-state index contributed by atoms with van der Waals surface area (Å²) in [4.78, 5) is 3.82. The highest BCUT2D eigenvalue weighted by Gasteiger charge is 2.21. The monoisotopic (exact) mass is 354 g/mol. The van der Waals surface area contributed by atoms with Gasteiger partial charge in [0.15, 0.2) is 8.68 Å². The summed E-state index contributed by atoms with van der Waals surface area (Å²) in [7, 11) is -3.89. The Balaban J connectivity index is 2.27. The van der Waals surface area contributed by atoms with Crippen molar-refractivity contribution in [1.82, 2.24) is 4.98 Å². The summed E-state index contributed by atoms with van der Waals surface area (Å²) in [5, 5.41) is 0. The van der Waals surface area contributed by atoms with E-state index in [0.717, 1.165) is 17.4 Å². The Morgan fingerprint density at radius 2 is 2.14 bits per heavy atom. The predicted molar refractivity (Wildman–Crippen MR) is 75.7 cm³/mol. The summed E-state index contributed by atoms with van der Waals surface area (Å²) in [6, 6.07) is 5.25. The molecule has 1 N–H and O–H groups in total. The summed E-state index contributed by atoms with van der Waals surface area (Å²) >= 11 is 6.48. The number of rotatable bonds is 5. The Labute approximate surface area is 128 Å². The van der Waals surface area contributed by atoms with Gasteiger partial charge in [-0.05, 0) is 19.1 Å². The molecule has 0 aliphatic carbocycles. The van der Waals surface area contributed by atoms with Crippen molar-refractivity contribution in [3.8, 4) is 5.75 Å². The molecule has 0 unspecified atom stereocenters. The predicted octanol–water partition coefficient (Wildman–Crippen LogP) is 3.51. The maximum atomic E-state index is 12.2. The van der Waals surface area contributed by atoms with Gasteiger partial charge in [0.25, 0.3) is 10.0 Å². The van der Waals surface area contributed by atoms with Crippen LogP contribution in [0.15, 0.2) is 28.5 Å². The molecule has 0 bridgehead atoms. The minimum atomic E-state index is -3.89. The zero-order valence-corrected chi connectivity index (χ0v) is 12.9. The van der Waals surface area contributed by atoms with E-state index in [4.69, 9.17) is 11.6 Å². The second kappa shape index (κ2) is 6.12. The van der Waals surface area contributed by atoms with Crippen molar-refractivity contribution in [2.45, 2.75) is 17.7 Å². The molecule has 5 nitrogen and oxygen atoms in total. The maximum absolute atomic E-state index is 12.2. The van der Waals surface area contributed by atoms with Crippen LogP contribution >= 0.6 is 22.9 Å². The van der Waals surface area contributed by atoms with Gasteiger partial charge < -0.3 is 4.74 Å². The molecule has 114 valence electrons. The van der Waals surface area contributed by atoms with Gasteiger partial charge in [-0.15, -0.1) is 0 Å². The molecule has 10 heteroatoms. The van der Waals surface area contributed by atoms with Crippen LogP contribution in [-0.4, -0.2) is 20.0 Å². The van der Waals surface area contributed by atoms with Crippen LogP contribution in [-0.2, 0) is 10.0 Å². The quantitative estimate of drug-likeness (QED) is 0.892. The first kappa shape index (κ1) is 15.9. The molecular weight excluding hydrogens is 346 g/mol. The lowest BCUT2D eigenvalue weighted by Crippen LogP contribution is -2.13. The fraction of sp³-hybridized carbons (Fsp3) is 0.182. The van der Waals surface area contributed by atoms with E-state index in [1.165, 1.54) is 25.1 Å². The third-order valence-electron chi connectivity index (χ3n) is 2.28. The lowest BCUT2D eigenvalue weighted by molar-refractivity contribution is -0.0497. The number of halogens is 3. The number of sulfonamides is 1. The number of nitrogens with one attached hydrogen (secondary N) is 1. The van der Waals surface area contributed by atoms with Crippen molar-refractivity contribution < 1.29 is 21.9 Å². The third-order valence-corrected chi connectivity index (χ3v) is 5.54. The molecule has 0 saturated carbocycles. The van der Waals surface area contributed by atoms with E-state index >= 15 is 0 Å². The standard InChI is InChI=1S/C11H9ClF2N2O3S2/c1-6-9(20-10(12)15-6)21(17,18)16-7-3-2-4-8(5-7)19-11(13)14/h2-5,11,16H,1H3. The second-order valence-corrected chi connectivity index (χ2v) is 7.31. The second-order valence-electron chi connectivity index (χ2n) is 3.85. The molecule has 0 fully saturated rings. The van der Waals surface area contributed by atoms with E-state index in [-0.39, 0.29) is 25.8 Å². The van der Waals surface area contributed by atoms with E-state index in [1.807, 2.05) is 0 Å². The number of nitrogens with zero attached hydrogens (tertiary/aromatic N) is 1. The van der Waals surface area contributed by atoms with Gasteiger partial charge in [0.2, 0.25) is 0 Å². The molecule has 0 amide bonds. The molecule has 1 aromatic heterocycles. The van der Waals surface area contributed by atoms with Gasteiger partial charge in [-0.3, -0.25) is 4.72 Å². The van der Waals surface area contributed by atoms with Crippen molar-refractivity contribution in [3.63, 3.8) is 0 Å². The van der Waals surface area contributed by atoms with Crippen molar-refractivity contribution in [2.75, 3.05) is 4.72 Å². The smallest absolute Gasteiger partial charge is 0.387 e. The fourth-order valence-corrected chi connectivity index (χ4v) is 4.33. The van der Waals surface area contributed by atoms with E-state index in [9.17, 15) is 17.2 Å². The molecule has 1 heterocycles. The molecule has 0 radical (unpaired) electrons. The molecule has 0 aliphatic heterocycles. The summed E-state index contributed by atoms with van der Waals surface area (Å²) in [5.41, 5.74) is 0.356. The molecule has 0 spiro atoms. The number of anilines is 1. The number of alkyl halides is 2. The topological polar surface area (TPSA) is 68.3 Å². The highest BCUT2D eigenvalue weighted by Crippen LogP contribution is 2.29. The number of hydrogen-bond donors (Lipinski definition) is 1. The first-order chi connectivity index (χ1) is 9.78. The summed E-state index contributed by atoms with van der Waals surface area (Å²) < 4.78 is 55.1. The molecule has 0 atom stereocenters. The van der Waals surface area contributed by atoms with Gasteiger partial charge in [-0.1, -0.05) is 29.0 Å². The van der Waals surface area contributed by atoms with Gasteiger partial charge in [0.05, 0.1) is 11.4 Å².